The van der Waals surface area contributed by atoms with Crippen LogP contribution in [-0.2, 0) is 16.6 Å². The van der Waals surface area contributed by atoms with Crippen molar-refractivity contribution >= 4 is 32.0 Å². The number of pyridine rings is 1. The molecule has 0 aliphatic carbocycles. The van der Waals surface area contributed by atoms with Crippen LogP contribution in [0.2, 0.25) is 0 Å². The average molecular weight is 407 g/mol. The molecule has 1 fully saturated rings. The van der Waals surface area contributed by atoms with Gasteiger partial charge in [0.05, 0.1) is 23.1 Å². The van der Waals surface area contributed by atoms with Crippen LogP contribution in [0.25, 0.3) is 21.9 Å². The summed E-state index contributed by atoms with van der Waals surface area (Å²) in [6.45, 7) is 2.90. The Morgan fingerprint density at radius 2 is 1.72 bits per heavy atom. The van der Waals surface area contributed by atoms with Crippen molar-refractivity contribution in [3.8, 4) is 0 Å². The highest BCUT2D eigenvalue weighted by atomic mass is 32.2. The van der Waals surface area contributed by atoms with Gasteiger partial charge in [-0.25, -0.2) is 13.4 Å². The molecule has 4 aromatic rings. The van der Waals surface area contributed by atoms with Crippen molar-refractivity contribution in [2.24, 2.45) is 0 Å². The Bertz CT molecular complexity index is 1240. The molecule has 0 atom stereocenters. The van der Waals surface area contributed by atoms with Gasteiger partial charge in [0.1, 0.15) is 10.7 Å². The number of sulfonamides is 1. The van der Waals surface area contributed by atoms with Crippen LogP contribution < -0.4 is 0 Å². The Morgan fingerprint density at radius 1 is 0.931 bits per heavy atom. The highest BCUT2D eigenvalue weighted by Gasteiger charge is 2.30. The highest BCUT2D eigenvalue weighted by Crippen LogP contribution is 2.25. The van der Waals surface area contributed by atoms with Crippen LogP contribution >= 0.6 is 0 Å². The first kappa shape index (κ1) is 18.2. The second kappa shape index (κ2) is 7.22. The third-order valence-electron chi connectivity index (χ3n) is 5.36. The lowest BCUT2D eigenvalue weighted by Gasteiger charge is -2.33. The fourth-order valence-electron chi connectivity index (χ4n) is 3.84. The van der Waals surface area contributed by atoms with E-state index in [1.165, 1.54) is 0 Å². The van der Waals surface area contributed by atoms with Gasteiger partial charge < -0.3 is 4.98 Å². The number of aromatic nitrogens is 3. The van der Waals surface area contributed by atoms with Crippen molar-refractivity contribution in [3.63, 3.8) is 0 Å². The van der Waals surface area contributed by atoms with E-state index in [2.05, 4.69) is 19.9 Å². The number of hydrogen-bond acceptors (Lipinski definition) is 5. The van der Waals surface area contributed by atoms with Crippen LogP contribution in [0.1, 0.15) is 5.82 Å². The molecule has 29 heavy (non-hydrogen) atoms. The van der Waals surface area contributed by atoms with E-state index in [0.29, 0.717) is 38.2 Å². The van der Waals surface area contributed by atoms with Crippen LogP contribution in [0, 0.1) is 0 Å². The number of imidazole rings is 1. The number of fused-ring (bicyclic) bond motifs is 2. The lowest BCUT2D eigenvalue weighted by Crippen LogP contribution is -2.48. The number of piperazine rings is 1. The van der Waals surface area contributed by atoms with Crippen molar-refractivity contribution in [2.45, 2.75) is 11.4 Å². The number of para-hydroxylation sites is 3. The fraction of sp³-hybridized carbons (Fsp3) is 0.238. The maximum atomic E-state index is 13.2. The van der Waals surface area contributed by atoms with Gasteiger partial charge >= 0.3 is 0 Å². The van der Waals surface area contributed by atoms with Crippen LogP contribution in [0.5, 0.6) is 0 Å². The monoisotopic (exact) mass is 407 g/mol. The van der Waals surface area contributed by atoms with Gasteiger partial charge in [-0.15, -0.1) is 0 Å². The van der Waals surface area contributed by atoms with Gasteiger partial charge in [-0.05, 0) is 24.3 Å². The summed E-state index contributed by atoms with van der Waals surface area (Å²) in [5.41, 5.74) is 2.50. The molecule has 5 rings (SSSR count). The van der Waals surface area contributed by atoms with E-state index in [1.54, 1.807) is 22.6 Å². The van der Waals surface area contributed by atoms with Crippen molar-refractivity contribution in [1.29, 1.82) is 0 Å². The molecular weight excluding hydrogens is 386 g/mol. The van der Waals surface area contributed by atoms with Crippen LogP contribution in [-0.4, -0.2) is 58.8 Å². The Morgan fingerprint density at radius 3 is 2.55 bits per heavy atom. The second-order valence-corrected chi connectivity index (χ2v) is 9.12. The van der Waals surface area contributed by atoms with Crippen LogP contribution in [0.15, 0.2) is 65.7 Å². The van der Waals surface area contributed by atoms with Crippen molar-refractivity contribution < 1.29 is 8.42 Å². The molecule has 0 amide bonds. The molecule has 0 spiro atoms. The molecule has 0 unspecified atom stereocenters. The molecule has 2 aromatic heterocycles. The zero-order valence-corrected chi connectivity index (χ0v) is 16.6. The predicted octanol–water partition coefficient (Wildman–Crippen LogP) is 2.62. The quantitative estimate of drug-likeness (QED) is 0.562. The fourth-order valence-corrected chi connectivity index (χ4v) is 5.43. The number of rotatable bonds is 4. The first-order valence-electron chi connectivity index (χ1n) is 9.61. The van der Waals surface area contributed by atoms with Gasteiger partial charge in [-0.3, -0.25) is 9.88 Å². The summed E-state index contributed by atoms with van der Waals surface area (Å²) in [7, 11) is -3.58. The van der Waals surface area contributed by atoms with E-state index < -0.39 is 10.0 Å². The third kappa shape index (κ3) is 3.39. The van der Waals surface area contributed by atoms with E-state index in [-0.39, 0.29) is 4.90 Å². The number of nitrogens with one attached hydrogen (secondary N) is 1. The minimum absolute atomic E-state index is 0.279. The van der Waals surface area contributed by atoms with E-state index in [9.17, 15) is 8.42 Å². The summed E-state index contributed by atoms with van der Waals surface area (Å²) in [6.07, 6.45) is 1.63. The summed E-state index contributed by atoms with van der Waals surface area (Å²) in [6, 6.07) is 16.9. The molecule has 0 saturated carbocycles. The predicted molar refractivity (Wildman–Crippen MR) is 112 cm³/mol. The Kier molecular flexibility index (Phi) is 4.54. The zero-order chi connectivity index (χ0) is 19.8. The first-order chi connectivity index (χ1) is 14.1. The van der Waals surface area contributed by atoms with Gasteiger partial charge in [0, 0.05) is 37.8 Å². The van der Waals surface area contributed by atoms with E-state index in [4.69, 9.17) is 0 Å². The summed E-state index contributed by atoms with van der Waals surface area (Å²) in [5, 5.41) is 0.831. The van der Waals surface area contributed by atoms with Crippen LogP contribution in [0.4, 0.5) is 0 Å². The first-order valence-corrected chi connectivity index (χ1v) is 11.1. The van der Waals surface area contributed by atoms with Crippen molar-refractivity contribution in [3.05, 3.63) is 66.6 Å². The zero-order valence-electron chi connectivity index (χ0n) is 15.8. The smallest absolute Gasteiger partial charge is 0.245 e. The molecule has 0 bridgehead atoms. The SMILES string of the molecule is O=S(=O)(c1cccc2cccnc12)N1CCN(Cc2nc3ccccc3[nH]2)CC1. The molecule has 8 heteroatoms. The molecule has 2 aromatic carbocycles. The normalized spacial score (nSPS) is 16.6. The third-order valence-corrected chi connectivity index (χ3v) is 7.29. The Balaban J connectivity index is 1.31. The lowest BCUT2D eigenvalue weighted by atomic mass is 10.2. The van der Waals surface area contributed by atoms with Gasteiger partial charge in [0.2, 0.25) is 10.0 Å². The maximum absolute atomic E-state index is 13.2. The van der Waals surface area contributed by atoms with Gasteiger partial charge in [-0.1, -0.05) is 30.3 Å². The summed E-state index contributed by atoms with van der Waals surface area (Å²) < 4.78 is 28.0. The molecule has 1 aliphatic heterocycles. The van der Waals surface area contributed by atoms with Crippen molar-refractivity contribution in [2.75, 3.05) is 26.2 Å². The summed E-state index contributed by atoms with van der Waals surface area (Å²) in [5.74, 6) is 0.903. The molecule has 1 saturated heterocycles. The average Bonchev–Trinajstić information content (AvgIpc) is 3.16. The molecule has 3 heterocycles. The van der Waals surface area contributed by atoms with E-state index in [1.807, 2.05) is 42.5 Å². The molecule has 7 nitrogen and oxygen atoms in total. The summed E-state index contributed by atoms with van der Waals surface area (Å²) >= 11 is 0. The van der Waals surface area contributed by atoms with Gasteiger partial charge in [0.25, 0.3) is 0 Å². The van der Waals surface area contributed by atoms with Crippen LogP contribution in [0.3, 0.4) is 0 Å². The minimum atomic E-state index is -3.58. The maximum Gasteiger partial charge on any atom is 0.245 e. The number of nitrogens with zero attached hydrogens (tertiary/aromatic N) is 4. The van der Waals surface area contributed by atoms with Gasteiger partial charge in [0.15, 0.2) is 0 Å². The molecular formula is C21H21N5O2S. The number of benzene rings is 2. The van der Waals surface area contributed by atoms with E-state index >= 15 is 0 Å². The second-order valence-electron chi connectivity index (χ2n) is 7.21. The van der Waals surface area contributed by atoms with E-state index in [0.717, 1.165) is 22.2 Å². The molecule has 148 valence electrons. The molecule has 1 N–H and O–H groups in total. The van der Waals surface area contributed by atoms with Gasteiger partial charge in [-0.2, -0.15) is 4.31 Å². The van der Waals surface area contributed by atoms with Crippen molar-refractivity contribution in [1.82, 2.24) is 24.2 Å². The summed E-state index contributed by atoms with van der Waals surface area (Å²) in [4.78, 5) is 14.8. The standard InChI is InChI=1S/C21H21N5O2S/c27-29(28,19-9-3-5-16-6-4-10-22-21(16)19)26-13-11-25(12-14-26)15-20-23-17-7-1-2-8-18(17)24-20/h1-10H,11-15H2,(H,23,24). The lowest BCUT2D eigenvalue weighted by molar-refractivity contribution is 0.178. The Hall–Kier alpha value is -2.81. The highest BCUT2D eigenvalue weighted by molar-refractivity contribution is 7.89. The number of H-pyrrole nitrogens is 1. The largest absolute Gasteiger partial charge is 0.341 e. The Labute approximate surface area is 169 Å². The minimum Gasteiger partial charge on any atom is -0.341 e. The topological polar surface area (TPSA) is 82.2 Å². The molecule has 0 radical (unpaired) electrons. The number of aromatic amines is 1. The number of hydrogen-bond donors (Lipinski definition) is 1. The molecule has 1 aliphatic rings.